The van der Waals surface area contributed by atoms with Gasteiger partial charge >= 0.3 is 0 Å². The Hall–Kier alpha value is -3.28. The molecule has 0 radical (unpaired) electrons. The summed E-state index contributed by atoms with van der Waals surface area (Å²) in [4.78, 5) is 24.0. The van der Waals surface area contributed by atoms with Gasteiger partial charge in [0.1, 0.15) is 0 Å². The summed E-state index contributed by atoms with van der Waals surface area (Å²) in [6.07, 6.45) is 3.86. The fraction of sp³-hybridized carbons (Fsp3) is 0.238. The molecule has 0 saturated heterocycles. The molecule has 2 aromatic rings. The Labute approximate surface area is 159 Å². The van der Waals surface area contributed by atoms with Gasteiger partial charge in [-0.25, -0.2) is 0 Å². The minimum absolute atomic E-state index is 0.367. The molecule has 2 aromatic carbocycles. The van der Waals surface area contributed by atoms with E-state index in [2.05, 4.69) is 10.9 Å². The number of ether oxygens (including phenoxy) is 2. The molecule has 0 bridgehead atoms. The lowest BCUT2D eigenvalue weighted by molar-refractivity contribution is -0.117. The molecule has 2 rings (SSSR count). The Morgan fingerprint density at radius 3 is 2.56 bits per heavy atom. The summed E-state index contributed by atoms with van der Waals surface area (Å²) in [5.74, 6) is 0.446. The molecule has 0 spiro atoms. The van der Waals surface area contributed by atoms with Crippen molar-refractivity contribution in [3.05, 3.63) is 65.2 Å². The summed E-state index contributed by atoms with van der Waals surface area (Å²) in [7, 11) is 1.56. The van der Waals surface area contributed by atoms with Crippen molar-refractivity contribution in [1.29, 1.82) is 0 Å². The van der Waals surface area contributed by atoms with Crippen molar-refractivity contribution in [1.82, 2.24) is 10.9 Å². The van der Waals surface area contributed by atoms with Crippen LogP contribution in [0.4, 0.5) is 0 Å². The second-order valence-electron chi connectivity index (χ2n) is 5.85. The van der Waals surface area contributed by atoms with Gasteiger partial charge in [-0.05, 0) is 48.7 Å². The van der Waals surface area contributed by atoms with E-state index in [1.54, 1.807) is 37.5 Å². The van der Waals surface area contributed by atoms with E-state index in [1.165, 1.54) is 6.08 Å². The summed E-state index contributed by atoms with van der Waals surface area (Å²) < 4.78 is 10.9. The van der Waals surface area contributed by atoms with E-state index in [-0.39, 0.29) is 5.91 Å². The van der Waals surface area contributed by atoms with Gasteiger partial charge in [0.05, 0.1) is 13.7 Å². The first kappa shape index (κ1) is 20.0. The number of hydrogen-bond donors (Lipinski definition) is 2. The summed E-state index contributed by atoms with van der Waals surface area (Å²) in [5, 5.41) is 0. The van der Waals surface area contributed by atoms with E-state index in [9.17, 15) is 9.59 Å². The standard InChI is InChI=1S/C21H24N2O4/c1-4-13-27-18-11-9-16(14-19(18)26-3)10-12-20(24)22-23-21(25)17-8-6-5-7-15(17)2/h5-12,14H,4,13H2,1-3H3,(H,22,24)(H,23,25)/b12-10+. The first-order chi connectivity index (χ1) is 13.0. The lowest BCUT2D eigenvalue weighted by Gasteiger charge is -2.10. The van der Waals surface area contributed by atoms with Crippen LogP contribution in [0.2, 0.25) is 0 Å². The molecule has 6 heteroatoms. The van der Waals surface area contributed by atoms with E-state index in [0.29, 0.717) is 23.7 Å². The SMILES string of the molecule is CCCOc1ccc(/C=C/C(=O)NNC(=O)c2ccccc2C)cc1OC. The first-order valence-electron chi connectivity index (χ1n) is 8.70. The van der Waals surface area contributed by atoms with Gasteiger partial charge in [0.15, 0.2) is 11.5 Å². The molecule has 6 nitrogen and oxygen atoms in total. The van der Waals surface area contributed by atoms with E-state index < -0.39 is 5.91 Å². The molecule has 0 atom stereocenters. The molecule has 0 aliphatic heterocycles. The van der Waals surface area contributed by atoms with Crippen molar-refractivity contribution in [3.63, 3.8) is 0 Å². The van der Waals surface area contributed by atoms with Crippen LogP contribution >= 0.6 is 0 Å². The van der Waals surface area contributed by atoms with Crippen LogP contribution in [-0.2, 0) is 4.79 Å². The van der Waals surface area contributed by atoms with Crippen LogP contribution in [0.5, 0.6) is 11.5 Å². The van der Waals surface area contributed by atoms with Crippen LogP contribution in [0.25, 0.3) is 6.08 Å². The normalized spacial score (nSPS) is 10.5. The van der Waals surface area contributed by atoms with Crippen molar-refractivity contribution in [2.24, 2.45) is 0 Å². The second kappa shape index (κ2) is 10.0. The Morgan fingerprint density at radius 2 is 1.85 bits per heavy atom. The van der Waals surface area contributed by atoms with E-state index in [1.807, 2.05) is 32.0 Å². The van der Waals surface area contributed by atoms with Crippen molar-refractivity contribution >= 4 is 17.9 Å². The van der Waals surface area contributed by atoms with Crippen LogP contribution in [0.15, 0.2) is 48.5 Å². The highest BCUT2D eigenvalue weighted by Gasteiger charge is 2.08. The molecule has 0 saturated carbocycles. The topological polar surface area (TPSA) is 76.7 Å². The number of rotatable bonds is 7. The van der Waals surface area contributed by atoms with Gasteiger partial charge in [-0.2, -0.15) is 0 Å². The number of carbonyl (C=O) groups is 2. The fourth-order valence-electron chi connectivity index (χ4n) is 2.35. The van der Waals surface area contributed by atoms with Crippen LogP contribution in [0, 0.1) is 6.92 Å². The molecule has 0 unspecified atom stereocenters. The second-order valence-corrected chi connectivity index (χ2v) is 5.85. The molecule has 27 heavy (non-hydrogen) atoms. The first-order valence-corrected chi connectivity index (χ1v) is 8.70. The van der Waals surface area contributed by atoms with Crippen LogP contribution in [-0.4, -0.2) is 25.5 Å². The number of methoxy groups -OCH3 is 1. The van der Waals surface area contributed by atoms with Gasteiger partial charge in [-0.1, -0.05) is 31.2 Å². The van der Waals surface area contributed by atoms with E-state index >= 15 is 0 Å². The Balaban J connectivity index is 1.94. The number of carbonyl (C=O) groups excluding carboxylic acids is 2. The fourth-order valence-corrected chi connectivity index (χ4v) is 2.35. The van der Waals surface area contributed by atoms with Crippen LogP contribution in [0.1, 0.15) is 34.8 Å². The number of benzene rings is 2. The largest absolute Gasteiger partial charge is 0.493 e. The Kier molecular flexibility index (Phi) is 7.43. The maximum Gasteiger partial charge on any atom is 0.269 e. The Bertz CT molecular complexity index is 831. The molecule has 0 aromatic heterocycles. The number of hydrogen-bond acceptors (Lipinski definition) is 4. The minimum Gasteiger partial charge on any atom is -0.493 e. The third-order valence-electron chi connectivity index (χ3n) is 3.77. The molecule has 2 amide bonds. The third-order valence-corrected chi connectivity index (χ3v) is 3.77. The van der Waals surface area contributed by atoms with Gasteiger partial charge in [-0.3, -0.25) is 20.4 Å². The number of aryl methyl sites for hydroxylation is 1. The molecular formula is C21H24N2O4. The van der Waals surface area contributed by atoms with Gasteiger partial charge in [0.2, 0.25) is 0 Å². The summed E-state index contributed by atoms with van der Waals surface area (Å²) >= 11 is 0. The van der Waals surface area contributed by atoms with Crippen LogP contribution < -0.4 is 20.3 Å². The summed E-state index contributed by atoms with van der Waals surface area (Å²) in [6.45, 7) is 4.46. The average Bonchev–Trinajstić information content (AvgIpc) is 2.69. The van der Waals surface area contributed by atoms with E-state index in [4.69, 9.17) is 9.47 Å². The van der Waals surface area contributed by atoms with Gasteiger partial charge < -0.3 is 9.47 Å². The van der Waals surface area contributed by atoms with Crippen molar-refractivity contribution < 1.29 is 19.1 Å². The highest BCUT2D eigenvalue weighted by molar-refractivity contribution is 5.98. The molecular weight excluding hydrogens is 344 g/mol. The highest BCUT2D eigenvalue weighted by atomic mass is 16.5. The molecule has 0 aliphatic carbocycles. The smallest absolute Gasteiger partial charge is 0.269 e. The highest BCUT2D eigenvalue weighted by Crippen LogP contribution is 2.28. The summed E-state index contributed by atoms with van der Waals surface area (Å²) in [5.41, 5.74) is 6.87. The van der Waals surface area contributed by atoms with Crippen molar-refractivity contribution in [2.45, 2.75) is 20.3 Å². The molecule has 0 heterocycles. The lowest BCUT2D eigenvalue weighted by atomic mass is 10.1. The number of hydrazine groups is 1. The zero-order chi connectivity index (χ0) is 19.6. The predicted molar refractivity (Wildman–Crippen MR) is 105 cm³/mol. The average molecular weight is 368 g/mol. The number of amides is 2. The number of nitrogens with one attached hydrogen (secondary N) is 2. The quantitative estimate of drug-likeness (QED) is 0.581. The zero-order valence-electron chi connectivity index (χ0n) is 15.7. The van der Waals surface area contributed by atoms with Gasteiger partial charge in [-0.15, -0.1) is 0 Å². The molecule has 2 N–H and O–H groups in total. The molecule has 142 valence electrons. The van der Waals surface area contributed by atoms with Crippen molar-refractivity contribution in [2.75, 3.05) is 13.7 Å². The van der Waals surface area contributed by atoms with Gasteiger partial charge in [0.25, 0.3) is 11.8 Å². The maximum atomic E-state index is 12.1. The lowest BCUT2D eigenvalue weighted by Crippen LogP contribution is -2.41. The van der Waals surface area contributed by atoms with Crippen molar-refractivity contribution in [3.8, 4) is 11.5 Å². The predicted octanol–water partition coefficient (Wildman–Crippen LogP) is 3.27. The maximum absolute atomic E-state index is 12.1. The van der Waals surface area contributed by atoms with Gasteiger partial charge in [0, 0.05) is 11.6 Å². The molecule has 0 fully saturated rings. The summed E-state index contributed by atoms with van der Waals surface area (Å²) in [6, 6.07) is 12.5. The zero-order valence-corrected chi connectivity index (χ0v) is 15.7. The minimum atomic E-state index is -0.442. The Morgan fingerprint density at radius 1 is 1.07 bits per heavy atom. The monoisotopic (exact) mass is 368 g/mol. The third kappa shape index (κ3) is 5.88. The molecule has 0 aliphatic rings. The van der Waals surface area contributed by atoms with Crippen LogP contribution in [0.3, 0.4) is 0 Å². The van der Waals surface area contributed by atoms with E-state index in [0.717, 1.165) is 17.5 Å².